The van der Waals surface area contributed by atoms with Crippen LogP contribution < -0.4 is 5.32 Å². The molecule has 0 amide bonds. The molecule has 0 aromatic heterocycles. The molecule has 0 aliphatic heterocycles. The van der Waals surface area contributed by atoms with Gasteiger partial charge < -0.3 is 9.84 Å². The zero-order valence-electron chi connectivity index (χ0n) is 9.51. The van der Waals surface area contributed by atoms with Gasteiger partial charge in [0.1, 0.15) is 6.04 Å². The third kappa shape index (κ3) is 3.64. The van der Waals surface area contributed by atoms with Crippen LogP contribution in [-0.4, -0.2) is 30.3 Å². The molecule has 0 saturated carbocycles. The van der Waals surface area contributed by atoms with Crippen molar-refractivity contribution in [3.63, 3.8) is 0 Å². The minimum absolute atomic E-state index is 0.453. The lowest BCUT2D eigenvalue weighted by atomic mass is 10.1. The molecule has 0 aliphatic rings. The van der Waals surface area contributed by atoms with Crippen LogP contribution in [-0.2, 0) is 16.1 Å². The summed E-state index contributed by atoms with van der Waals surface area (Å²) in [6.45, 7) is 2.07. The highest BCUT2D eigenvalue weighted by atomic mass is 16.5. The molecule has 4 nitrogen and oxygen atoms in total. The van der Waals surface area contributed by atoms with Gasteiger partial charge in [0.05, 0.1) is 13.2 Å². The van der Waals surface area contributed by atoms with E-state index in [-0.39, 0.29) is 0 Å². The number of nitrogens with one attached hydrogen (secondary N) is 1. The number of carbonyl (C=O) groups excluding carboxylic acids is 1. The number of esters is 1. The number of ether oxygens (including phenoxy) is 1. The molecule has 0 aliphatic carbocycles. The maximum atomic E-state index is 11.3. The van der Waals surface area contributed by atoms with Gasteiger partial charge in [-0.1, -0.05) is 30.3 Å². The Labute approximate surface area is 95.2 Å². The molecule has 0 radical (unpaired) electrons. The number of benzene rings is 1. The van der Waals surface area contributed by atoms with Crippen molar-refractivity contribution in [2.75, 3.05) is 7.11 Å². The number of carbonyl (C=O) groups is 1. The molecule has 88 valence electrons. The molecular formula is C12H17NO3. The van der Waals surface area contributed by atoms with Gasteiger partial charge in [0.15, 0.2) is 0 Å². The largest absolute Gasteiger partial charge is 0.468 e. The van der Waals surface area contributed by atoms with Crippen molar-refractivity contribution in [1.29, 1.82) is 0 Å². The standard InChI is InChI=1S/C12H17NO3/c1-9(14)11(12(15)16-2)13-8-10-6-4-3-5-7-10/h3-7,9,11,13-14H,8H2,1-2H3/t9-,11-/m1/s1. The number of hydrogen-bond acceptors (Lipinski definition) is 4. The van der Waals surface area contributed by atoms with Gasteiger partial charge in [0, 0.05) is 6.54 Å². The molecule has 0 fully saturated rings. The van der Waals surface area contributed by atoms with E-state index in [1.807, 2.05) is 30.3 Å². The Kier molecular flexibility index (Phi) is 4.95. The molecule has 0 spiro atoms. The molecule has 0 bridgehead atoms. The van der Waals surface area contributed by atoms with Gasteiger partial charge in [0.25, 0.3) is 0 Å². The highest BCUT2D eigenvalue weighted by Gasteiger charge is 2.23. The van der Waals surface area contributed by atoms with Crippen molar-refractivity contribution in [2.24, 2.45) is 0 Å². The van der Waals surface area contributed by atoms with Crippen LogP contribution >= 0.6 is 0 Å². The summed E-state index contributed by atoms with van der Waals surface area (Å²) >= 11 is 0. The SMILES string of the molecule is COC(=O)[C@H](NCc1ccccc1)[C@@H](C)O. The van der Waals surface area contributed by atoms with E-state index >= 15 is 0 Å². The van der Waals surface area contributed by atoms with Gasteiger partial charge in [-0.2, -0.15) is 0 Å². The number of hydrogen-bond donors (Lipinski definition) is 2. The Morgan fingerprint density at radius 3 is 2.56 bits per heavy atom. The fraction of sp³-hybridized carbons (Fsp3) is 0.417. The average Bonchev–Trinajstić information content (AvgIpc) is 2.30. The number of methoxy groups -OCH3 is 1. The lowest BCUT2D eigenvalue weighted by Crippen LogP contribution is -2.45. The van der Waals surface area contributed by atoms with Crippen LogP contribution in [0.5, 0.6) is 0 Å². The van der Waals surface area contributed by atoms with Crippen molar-refractivity contribution in [3.05, 3.63) is 35.9 Å². The van der Waals surface area contributed by atoms with Crippen LogP contribution in [0.3, 0.4) is 0 Å². The van der Waals surface area contributed by atoms with Crippen LogP contribution in [0.4, 0.5) is 0 Å². The molecule has 0 unspecified atom stereocenters. The van der Waals surface area contributed by atoms with Crippen LogP contribution in [0, 0.1) is 0 Å². The topological polar surface area (TPSA) is 58.6 Å². The predicted molar refractivity (Wildman–Crippen MR) is 60.8 cm³/mol. The second kappa shape index (κ2) is 6.25. The second-order valence-corrected chi connectivity index (χ2v) is 3.61. The molecule has 1 aromatic carbocycles. The third-order valence-corrected chi connectivity index (χ3v) is 2.31. The summed E-state index contributed by atoms with van der Waals surface area (Å²) in [4.78, 5) is 11.3. The molecule has 1 aromatic rings. The van der Waals surface area contributed by atoms with E-state index < -0.39 is 18.1 Å². The normalized spacial score (nSPS) is 14.2. The lowest BCUT2D eigenvalue weighted by Gasteiger charge is -2.18. The molecule has 1 rings (SSSR count). The number of aliphatic hydroxyl groups is 1. The van der Waals surface area contributed by atoms with Crippen LogP contribution in [0.25, 0.3) is 0 Å². The predicted octanol–water partition coefficient (Wildman–Crippen LogP) is 0.699. The summed E-state index contributed by atoms with van der Waals surface area (Å²) in [6.07, 6.45) is -0.781. The molecule has 2 atom stereocenters. The summed E-state index contributed by atoms with van der Waals surface area (Å²) < 4.78 is 4.60. The van der Waals surface area contributed by atoms with E-state index in [0.717, 1.165) is 5.56 Å². The minimum Gasteiger partial charge on any atom is -0.468 e. The summed E-state index contributed by atoms with van der Waals surface area (Å²) in [6, 6.07) is 8.98. The molecular weight excluding hydrogens is 206 g/mol. The minimum atomic E-state index is -0.781. The van der Waals surface area contributed by atoms with Gasteiger partial charge in [-0.15, -0.1) is 0 Å². The Morgan fingerprint density at radius 1 is 1.44 bits per heavy atom. The monoisotopic (exact) mass is 223 g/mol. The van der Waals surface area contributed by atoms with Gasteiger partial charge in [0.2, 0.25) is 0 Å². The Hall–Kier alpha value is -1.39. The second-order valence-electron chi connectivity index (χ2n) is 3.61. The zero-order chi connectivity index (χ0) is 12.0. The van der Waals surface area contributed by atoms with E-state index in [1.165, 1.54) is 7.11 Å². The first-order valence-electron chi connectivity index (χ1n) is 5.18. The van der Waals surface area contributed by atoms with E-state index in [4.69, 9.17) is 0 Å². The molecule has 4 heteroatoms. The van der Waals surface area contributed by atoms with Gasteiger partial charge in [-0.25, -0.2) is 0 Å². The van der Waals surface area contributed by atoms with Crippen LogP contribution in [0.15, 0.2) is 30.3 Å². The Morgan fingerprint density at radius 2 is 2.06 bits per heavy atom. The highest BCUT2D eigenvalue weighted by molar-refractivity contribution is 5.76. The van der Waals surface area contributed by atoms with Crippen molar-refractivity contribution >= 4 is 5.97 Å². The zero-order valence-corrected chi connectivity index (χ0v) is 9.51. The average molecular weight is 223 g/mol. The van der Waals surface area contributed by atoms with E-state index in [0.29, 0.717) is 6.54 Å². The van der Waals surface area contributed by atoms with E-state index in [9.17, 15) is 9.90 Å². The van der Waals surface area contributed by atoms with E-state index in [2.05, 4.69) is 10.1 Å². The maximum Gasteiger partial charge on any atom is 0.325 e. The Bertz CT molecular complexity index is 324. The summed E-state index contributed by atoms with van der Waals surface area (Å²) in [5.41, 5.74) is 1.05. The summed E-state index contributed by atoms with van der Waals surface area (Å²) in [7, 11) is 1.31. The van der Waals surface area contributed by atoms with Gasteiger partial charge in [-0.05, 0) is 12.5 Å². The summed E-state index contributed by atoms with van der Waals surface area (Å²) in [5.74, 6) is -0.453. The number of aliphatic hydroxyl groups excluding tert-OH is 1. The van der Waals surface area contributed by atoms with Crippen molar-refractivity contribution in [1.82, 2.24) is 5.32 Å². The maximum absolute atomic E-state index is 11.3. The first-order valence-corrected chi connectivity index (χ1v) is 5.18. The van der Waals surface area contributed by atoms with Gasteiger partial charge >= 0.3 is 5.97 Å². The molecule has 0 saturated heterocycles. The van der Waals surface area contributed by atoms with Crippen LogP contribution in [0.1, 0.15) is 12.5 Å². The first kappa shape index (κ1) is 12.7. The first-order chi connectivity index (χ1) is 7.65. The fourth-order valence-corrected chi connectivity index (χ4v) is 1.40. The lowest BCUT2D eigenvalue weighted by molar-refractivity contribution is -0.145. The van der Waals surface area contributed by atoms with Crippen LogP contribution in [0.2, 0.25) is 0 Å². The molecule has 2 N–H and O–H groups in total. The van der Waals surface area contributed by atoms with E-state index in [1.54, 1.807) is 6.92 Å². The van der Waals surface area contributed by atoms with Crippen molar-refractivity contribution in [3.8, 4) is 0 Å². The molecule has 0 heterocycles. The van der Waals surface area contributed by atoms with Crippen molar-refractivity contribution in [2.45, 2.75) is 25.6 Å². The third-order valence-electron chi connectivity index (χ3n) is 2.31. The highest BCUT2D eigenvalue weighted by Crippen LogP contribution is 2.01. The van der Waals surface area contributed by atoms with Crippen molar-refractivity contribution < 1.29 is 14.6 Å². The smallest absolute Gasteiger partial charge is 0.325 e. The number of rotatable bonds is 5. The Balaban J connectivity index is 2.54. The fourth-order valence-electron chi connectivity index (χ4n) is 1.40. The van der Waals surface area contributed by atoms with Gasteiger partial charge in [-0.3, -0.25) is 10.1 Å². The quantitative estimate of drug-likeness (QED) is 0.721. The summed E-state index contributed by atoms with van der Waals surface area (Å²) in [5, 5.41) is 12.4. The molecule has 16 heavy (non-hydrogen) atoms.